The average Bonchev–Trinajstić information content (AvgIpc) is 3.09. The summed E-state index contributed by atoms with van der Waals surface area (Å²) >= 11 is 0. The van der Waals surface area contributed by atoms with Gasteiger partial charge in [0.2, 0.25) is 5.91 Å². The number of hydrogen-bond acceptors (Lipinski definition) is 4. The van der Waals surface area contributed by atoms with Crippen LogP contribution >= 0.6 is 0 Å². The molecule has 0 spiro atoms. The van der Waals surface area contributed by atoms with E-state index in [2.05, 4.69) is 20.8 Å². The number of anilines is 1. The molecule has 4 heterocycles. The molecule has 1 aromatic rings. The molecule has 0 saturated carbocycles. The van der Waals surface area contributed by atoms with Gasteiger partial charge in [0, 0.05) is 58.5 Å². The number of benzene rings is 1. The first kappa shape index (κ1) is 19.2. The van der Waals surface area contributed by atoms with E-state index in [0.29, 0.717) is 12.5 Å². The Morgan fingerprint density at radius 2 is 1.79 bits per heavy atom. The Bertz CT molecular complexity index is 729. The fourth-order valence-corrected chi connectivity index (χ4v) is 4.93. The maximum Gasteiger partial charge on any atom is 0.256 e. The van der Waals surface area contributed by atoms with Crippen LogP contribution in [0.2, 0.25) is 0 Å². The van der Waals surface area contributed by atoms with Crippen molar-refractivity contribution in [1.29, 1.82) is 0 Å². The van der Waals surface area contributed by atoms with Gasteiger partial charge in [-0.15, -0.1) is 0 Å². The van der Waals surface area contributed by atoms with Crippen LogP contribution in [0.5, 0.6) is 0 Å². The zero-order chi connectivity index (χ0) is 19.7. The van der Waals surface area contributed by atoms with Gasteiger partial charge in [0.15, 0.2) is 0 Å². The lowest BCUT2D eigenvalue weighted by Crippen LogP contribution is -2.48. The summed E-state index contributed by atoms with van der Waals surface area (Å²) in [7, 11) is 3.61. The van der Waals surface area contributed by atoms with E-state index < -0.39 is 0 Å². The van der Waals surface area contributed by atoms with Gasteiger partial charge in [-0.05, 0) is 43.7 Å². The van der Waals surface area contributed by atoms with Gasteiger partial charge in [0.1, 0.15) is 0 Å². The van der Waals surface area contributed by atoms with Crippen LogP contribution in [0.1, 0.15) is 36.0 Å². The minimum atomic E-state index is 0.138. The lowest BCUT2D eigenvalue weighted by atomic mass is 9.94. The standard InChI is InChI=1S/C22H32N4O2/c1-23(2)21(27)16-24-13-17-9-10-18(15-24)26(14-17)22(28)19-7-3-4-8-20(19)25-11-5-6-12-25/h3-4,7-8,17-18H,5-6,9-16H2,1-2H3/t17-,18+/m1/s1. The van der Waals surface area contributed by atoms with Crippen molar-refractivity contribution in [2.75, 3.05) is 58.3 Å². The lowest BCUT2D eigenvalue weighted by molar-refractivity contribution is -0.129. The quantitative estimate of drug-likeness (QED) is 0.796. The Hall–Kier alpha value is -2.08. The molecular weight excluding hydrogens is 352 g/mol. The first-order valence-electron chi connectivity index (χ1n) is 10.6. The van der Waals surface area contributed by atoms with Crippen molar-refractivity contribution >= 4 is 17.5 Å². The van der Waals surface area contributed by atoms with Crippen LogP contribution in [-0.2, 0) is 4.79 Å². The number of rotatable bonds is 4. The number of nitrogens with zero attached hydrogens (tertiary/aromatic N) is 4. The van der Waals surface area contributed by atoms with Gasteiger partial charge < -0.3 is 14.7 Å². The van der Waals surface area contributed by atoms with Crippen molar-refractivity contribution in [3.05, 3.63) is 29.8 Å². The number of likely N-dealkylation sites (N-methyl/N-ethyl adjacent to an activating group) is 1. The Labute approximate surface area is 168 Å². The second-order valence-electron chi connectivity index (χ2n) is 8.75. The minimum Gasteiger partial charge on any atom is -0.371 e. The Morgan fingerprint density at radius 3 is 2.54 bits per heavy atom. The molecule has 0 N–H and O–H groups in total. The predicted molar refractivity (Wildman–Crippen MR) is 111 cm³/mol. The highest BCUT2D eigenvalue weighted by atomic mass is 16.2. The molecular formula is C22H32N4O2. The van der Waals surface area contributed by atoms with Crippen LogP contribution in [0.25, 0.3) is 0 Å². The number of carbonyl (C=O) groups is 2. The molecule has 5 rings (SSSR count). The first-order valence-corrected chi connectivity index (χ1v) is 10.6. The summed E-state index contributed by atoms with van der Waals surface area (Å²) in [6.45, 7) is 5.05. The second-order valence-corrected chi connectivity index (χ2v) is 8.75. The number of carbonyl (C=O) groups excluding carboxylic acids is 2. The molecule has 2 atom stereocenters. The number of hydrogen-bond donors (Lipinski definition) is 0. The van der Waals surface area contributed by atoms with Crippen molar-refractivity contribution in [1.82, 2.24) is 14.7 Å². The number of amides is 2. The number of para-hydroxylation sites is 1. The van der Waals surface area contributed by atoms with E-state index in [1.54, 1.807) is 19.0 Å². The molecule has 2 bridgehead atoms. The molecule has 4 saturated heterocycles. The van der Waals surface area contributed by atoms with E-state index in [4.69, 9.17) is 0 Å². The summed E-state index contributed by atoms with van der Waals surface area (Å²) in [5.41, 5.74) is 1.93. The Kier molecular flexibility index (Phi) is 5.58. The highest BCUT2D eigenvalue weighted by Gasteiger charge is 2.38. The van der Waals surface area contributed by atoms with E-state index in [0.717, 1.165) is 56.8 Å². The maximum atomic E-state index is 13.6. The molecule has 4 fully saturated rings. The van der Waals surface area contributed by atoms with Crippen LogP contribution in [0.3, 0.4) is 0 Å². The molecule has 2 amide bonds. The molecule has 0 radical (unpaired) electrons. The molecule has 152 valence electrons. The smallest absolute Gasteiger partial charge is 0.256 e. The molecule has 0 aromatic heterocycles. The number of fused-ring (bicyclic) bond motifs is 4. The summed E-state index contributed by atoms with van der Waals surface area (Å²) in [4.78, 5) is 34.1. The Balaban J connectivity index is 1.52. The zero-order valence-electron chi connectivity index (χ0n) is 17.1. The first-order chi connectivity index (χ1) is 13.5. The fourth-order valence-electron chi connectivity index (χ4n) is 4.93. The topological polar surface area (TPSA) is 47.1 Å². The molecule has 6 nitrogen and oxygen atoms in total. The van der Waals surface area contributed by atoms with Gasteiger partial charge in [-0.3, -0.25) is 14.5 Å². The van der Waals surface area contributed by atoms with Gasteiger partial charge in [-0.1, -0.05) is 12.1 Å². The summed E-state index contributed by atoms with van der Waals surface area (Å²) in [5, 5.41) is 0. The molecule has 0 aliphatic carbocycles. The van der Waals surface area contributed by atoms with Crippen LogP contribution in [0.4, 0.5) is 5.69 Å². The van der Waals surface area contributed by atoms with E-state index >= 15 is 0 Å². The van der Waals surface area contributed by atoms with Gasteiger partial charge in [-0.25, -0.2) is 0 Å². The average molecular weight is 385 g/mol. The van der Waals surface area contributed by atoms with Gasteiger partial charge in [-0.2, -0.15) is 0 Å². The largest absolute Gasteiger partial charge is 0.371 e. The van der Waals surface area contributed by atoms with Crippen LogP contribution in [-0.4, -0.2) is 85.9 Å². The van der Waals surface area contributed by atoms with E-state index in [1.165, 1.54) is 12.8 Å². The van der Waals surface area contributed by atoms with Crippen molar-refractivity contribution < 1.29 is 9.59 Å². The van der Waals surface area contributed by atoms with Crippen molar-refractivity contribution in [3.8, 4) is 0 Å². The van der Waals surface area contributed by atoms with Gasteiger partial charge in [0.25, 0.3) is 5.91 Å². The van der Waals surface area contributed by atoms with E-state index in [9.17, 15) is 9.59 Å². The van der Waals surface area contributed by atoms with Crippen molar-refractivity contribution in [3.63, 3.8) is 0 Å². The molecule has 6 heteroatoms. The van der Waals surface area contributed by atoms with Crippen molar-refractivity contribution in [2.24, 2.45) is 5.92 Å². The molecule has 1 aromatic carbocycles. The van der Waals surface area contributed by atoms with Crippen LogP contribution in [0.15, 0.2) is 24.3 Å². The van der Waals surface area contributed by atoms with E-state index in [1.807, 2.05) is 18.2 Å². The lowest BCUT2D eigenvalue weighted by Gasteiger charge is -2.37. The maximum absolute atomic E-state index is 13.6. The fraction of sp³-hybridized carbons (Fsp3) is 0.636. The number of piperidine rings is 1. The molecule has 0 unspecified atom stereocenters. The second kappa shape index (κ2) is 8.11. The normalized spacial score (nSPS) is 25.1. The Morgan fingerprint density at radius 1 is 1.04 bits per heavy atom. The highest BCUT2D eigenvalue weighted by molar-refractivity contribution is 6.00. The molecule has 28 heavy (non-hydrogen) atoms. The van der Waals surface area contributed by atoms with Crippen LogP contribution in [0, 0.1) is 5.92 Å². The third kappa shape index (κ3) is 3.88. The monoisotopic (exact) mass is 384 g/mol. The highest BCUT2D eigenvalue weighted by Crippen LogP contribution is 2.32. The zero-order valence-corrected chi connectivity index (χ0v) is 17.1. The summed E-state index contributed by atoms with van der Waals surface area (Å²) in [6.07, 6.45) is 4.58. The predicted octanol–water partition coefficient (Wildman–Crippen LogP) is 1.91. The summed E-state index contributed by atoms with van der Waals surface area (Å²) in [5.74, 6) is 0.758. The molecule has 4 aliphatic heterocycles. The minimum absolute atomic E-state index is 0.138. The summed E-state index contributed by atoms with van der Waals surface area (Å²) in [6, 6.07) is 8.30. The summed E-state index contributed by atoms with van der Waals surface area (Å²) < 4.78 is 0. The van der Waals surface area contributed by atoms with Gasteiger partial charge >= 0.3 is 0 Å². The van der Waals surface area contributed by atoms with Crippen LogP contribution < -0.4 is 4.90 Å². The molecule has 4 aliphatic rings. The van der Waals surface area contributed by atoms with Crippen molar-refractivity contribution in [2.45, 2.75) is 31.7 Å². The van der Waals surface area contributed by atoms with E-state index in [-0.39, 0.29) is 17.9 Å². The third-order valence-corrected chi connectivity index (χ3v) is 6.49. The van der Waals surface area contributed by atoms with Gasteiger partial charge in [0.05, 0.1) is 12.1 Å². The SMILES string of the molecule is CN(C)C(=O)CN1C[C@H]2CC[C@@H](C1)N(C(=O)c1ccccc1N1CCCC1)C2. The third-order valence-electron chi connectivity index (χ3n) is 6.49.